The lowest BCUT2D eigenvalue weighted by Gasteiger charge is -2.00. The second kappa shape index (κ2) is 4.98. The molecule has 3 rings (SSSR count). The minimum atomic E-state index is -0.947. The highest BCUT2D eigenvalue weighted by Crippen LogP contribution is 2.21. The molecule has 3 aromatic rings. The summed E-state index contributed by atoms with van der Waals surface area (Å²) < 4.78 is 0. The molecular formula is C15H11ClN2O2. The number of hydrogen-bond donors (Lipinski definition) is 2. The van der Waals surface area contributed by atoms with E-state index in [0.717, 1.165) is 16.6 Å². The number of benzene rings is 1. The maximum atomic E-state index is 10.9. The molecule has 0 saturated carbocycles. The Hall–Kier alpha value is -2.33. The van der Waals surface area contributed by atoms with E-state index >= 15 is 0 Å². The zero-order valence-electron chi connectivity index (χ0n) is 10.4. The van der Waals surface area contributed by atoms with Gasteiger partial charge in [-0.3, -0.25) is 4.98 Å². The van der Waals surface area contributed by atoms with Gasteiger partial charge in [-0.25, -0.2) is 4.79 Å². The van der Waals surface area contributed by atoms with Gasteiger partial charge in [0.15, 0.2) is 0 Å². The van der Waals surface area contributed by atoms with Gasteiger partial charge < -0.3 is 10.1 Å². The van der Waals surface area contributed by atoms with E-state index < -0.39 is 5.97 Å². The van der Waals surface area contributed by atoms with Crippen molar-refractivity contribution in [1.82, 2.24) is 9.97 Å². The second-order valence-corrected chi connectivity index (χ2v) is 4.98. The zero-order valence-corrected chi connectivity index (χ0v) is 11.2. The van der Waals surface area contributed by atoms with Crippen LogP contribution in [0.3, 0.4) is 0 Å². The molecule has 0 saturated heterocycles. The Morgan fingerprint density at radius 3 is 2.90 bits per heavy atom. The number of hydrogen-bond acceptors (Lipinski definition) is 2. The standard InChI is InChI=1S/C15H11ClN2O2/c16-11-1-2-14-10(5-11)7-13(18-14)8-12-6-9(15(19)20)3-4-17-12/h1-7,18H,8H2,(H,19,20). The van der Waals surface area contributed by atoms with Crippen molar-refractivity contribution in [2.24, 2.45) is 0 Å². The Balaban J connectivity index is 1.92. The third-order valence-corrected chi connectivity index (χ3v) is 3.31. The number of fused-ring (bicyclic) bond motifs is 1. The van der Waals surface area contributed by atoms with Gasteiger partial charge in [0.05, 0.1) is 5.56 Å². The summed E-state index contributed by atoms with van der Waals surface area (Å²) in [6, 6.07) is 10.7. The Morgan fingerprint density at radius 1 is 1.25 bits per heavy atom. The summed E-state index contributed by atoms with van der Waals surface area (Å²) in [6.07, 6.45) is 2.06. The molecule has 2 heterocycles. The van der Waals surface area contributed by atoms with Crippen LogP contribution in [0.25, 0.3) is 10.9 Å². The Bertz CT molecular complexity index is 795. The van der Waals surface area contributed by atoms with Gasteiger partial charge >= 0.3 is 5.97 Å². The summed E-state index contributed by atoms with van der Waals surface area (Å²) in [7, 11) is 0. The maximum Gasteiger partial charge on any atom is 0.335 e. The molecule has 0 atom stereocenters. The highest BCUT2D eigenvalue weighted by atomic mass is 35.5. The zero-order chi connectivity index (χ0) is 14.1. The molecule has 4 nitrogen and oxygen atoms in total. The molecule has 20 heavy (non-hydrogen) atoms. The van der Waals surface area contributed by atoms with Gasteiger partial charge in [0, 0.05) is 39.9 Å². The number of nitrogens with one attached hydrogen (secondary N) is 1. The predicted octanol–water partition coefficient (Wildman–Crippen LogP) is 3.51. The summed E-state index contributed by atoms with van der Waals surface area (Å²) in [5, 5.41) is 10.7. The number of nitrogens with zero attached hydrogens (tertiary/aromatic N) is 1. The average Bonchev–Trinajstić information content (AvgIpc) is 2.80. The van der Waals surface area contributed by atoms with Crippen LogP contribution in [-0.4, -0.2) is 21.0 Å². The maximum absolute atomic E-state index is 10.9. The molecule has 0 aliphatic carbocycles. The fraction of sp³-hybridized carbons (Fsp3) is 0.0667. The van der Waals surface area contributed by atoms with Crippen LogP contribution < -0.4 is 0 Å². The van der Waals surface area contributed by atoms with Crippen molar-refractivity contribution in [3.63, 3.8) is 0 Å². The van der Waals surface area contributed by atoms with Crippen molar-refractivity contribution in [2.45, 2.75) is 6.42 Å². The summed E-state index contributed by atoms with van der Waals surface area (Å²) in [4.78, 5) is 18.4. The number of aromatic nitrogens is 2. The molecule has 0 radical (unpaired) electrons. The number of halogens is 1. The van der Waals surface area contributed by atoms with Gasteiger partial charge in [-0.2, -0.15) is 0 Å². The highest BCUT2D eigenvalue weighted by molar-refractivity contribution is 6.31. The van der Waals surface area contributed by atoms with Gasteiger partial charge in [-0.15, -0.1) is 0 Å². The number of pyridine rings is 1. The quantitative estimate of drug-likeness (QED) is 0.774. The molecule has 2 aromatic heterocycles. The van der Waals surface area contributed by atoms with E-state index in [1.807, 2.05) is 24.3 Å². The van der Waals surface area contributed by atoms with Crippen LogP contribution in [0.5, 0.6) is 0 Å². The van der Waals surface area contributed by atoms with Crippen molar-refractivity contribution in [3.05, 3.63) is 64.6 Å². The van der Waals surface area contributed by atoms with E-state index in [-0.39, 0.29) is 5.56 Å². The fourth-order valence-corrected chi connectivity index (χ4v) is 2.34. The normalized spacial score (nSPS) is 10.8. The first-order valence-corrected chi connectivity index (χ1v) is 6.45. The molecule has 100 valence electrons. The van der Waals surface area contributed by atoms with E-state index in [2.05, 4.69) is 9.97 Å². The van der Waals surface area contributed by atoms with Crippen LogP contribution in [0.15, 0.2) is 42.6 Å². The molecule has 0 bridgehead atoms. The molecule has 0 spiro atoms. The van der Waals surface area contributed by atoms with Gasteiger partial charge in [0.2, 0.25) is 0 Å². The summed E-state index contributed by atoms with van der Waals surface area (Å²) in [5.41, 5.74) is 2.92. The topological polar surface area (TPSA) is 66.0 Å². The van der Waals surface area contributed by atoms with Crippen LogP contribution >= 0.6 is 11.6 Å². The van der Waals surface area contributed by atoms with E-state index in [1.165, 1.54) is 12.3 Å². The number of aromatic carboxylic acids is 1. The molecular weight excluding hydrogens is 276 g/mol. The minimum absolute atomic E-state index is 0.245. The number of rotatable bonds is 3. The van der Waals surface area contributed by atoms with Crippen LogP contribution in [0.2, 0.25) is 5.02 Å². The van der Waals surface area contributed by atoms with Crippen molar-refractivity contribution >= 4 is 28.5 Å². The van der Waals surface area contributed by atoms with E-state index in [0.29, 0.717) is 17.1 Å². The third kappa shape index (κ3) is 2.51. The molecule has 0 aliphatic heterocycles. The van der Waals surface area contributed by atoms with E-state index in [9.17, 15) is 4.79 Å². The first kappa shape index (κ1) is 12.7. The summed E-state index contributed by atoms with van der Waals surface area (Å²) in [5.74, 6) is -0.947. The van der Waals surface area contributed by atoms with Gasteiger partial charge in [0.1, 0.15) is 0 Å². The first-order chi connectivity index (χ1) is 9.61. The number of H-pyrrole nitrogens is 1. The van der Waals surface area contributed by atoms with Crippen LogP contribution in [-0.2, 0) is 6.42 Å². The number of carboxylic acid groups (broad SMARTS) is 1. The molecule has 0 unspecified atom stereocenters. The SMILES string of the molecule is O=C(O)c1ccnc(Cc2cc3cc(Cl)ccc3[nH]2)c1. The second-order valence-electron chi connectivity index (χ2n) is 4.54. The lowest BCUT2D eigenvalue weighted by atomic mass is 10.1. The van der Waals surface area contributed by atoms with Crippen molar-refractivity contribution in [3.8, 4) is 0 Å². The van der Waals surface area contributed by atoms with Crippen LogP contribution in [0.4, 0.5) is 0 Å². The number of carbonyl (C=O) groups is 1. The Morgan fingerprint density at radius 2 is 2.10 bits per heavy atom. The molecule has 1 aromatic carbocycles. The molecule has 0 aliphatic rings. The van der Waals surface area contributed by atoms with Crippen molar-refractivity contribution in [1.29, 1.82) is 0 Å². The summed E-state index contributed by atoms with van der Waals surface area (Å²) in [6.45, 7) is 0. The van der Waals surface area contributed by atoms with Crippen LogP contribution in [0.1, 0.15) is 21.7 Å². The number of carboxylic acids is 1. The molecule has 2 N–H and O–H groups in total. The Kier molecular flexibility index (Phi) is 3.16. The lowest BCUT2D eigenvalue weighted by Crippen LogP contribution is -2.00. The first-order valence-electron chi connectivity index (χ1n) is 6.07. The Labute approximate surface area is 120 Å². The fourth-order valence-electron chi connectivity index (χ4n) is 2.16. The molecule has 0 amide bonds. The largest absolute Gasteiger partial charge is 0.478 e. The monoisotopic (exact) mass is 286 g/mol. The smallest absolute Gasteiger partial charge is 0.335 e. The van der Waals surface area contributed by atoms with Gasteiger partial charge in [-0.05, 0) is 36.4 Å². The van der Waals surface area contributed by atoms with E-state index in [1.54, 1.807) is 6.07 Å². The average molecular weight is 287 g/mol. The minimum Gasteiger partial charge on any atom is -0.478 e. The predicted molar refractivity (Wildman–Crippen MR) is 77.3 cm³/mol. The highest BCUT2D eigenvalue weighted by Gasteiger charge is 2.07. The van der Waals surface area contributed by atoms with Crippen molar-refractivity contribution in [2.75, 3.05) is 0 Å². The van der Waals surface area contributed by atoms with Gasteiger partial charge in [-0.1, -0.05) is 11.6 Å². The molecule has 5 heteroatoms. The lowest BCUT2D eigenvalue weighted by molar-refractivity contribution is 0.0696. The molecule has 0 fully saturated rings. The third-order valence-electron chi connectivity index (χ3n) is 3.07. The number of aromatic amines is 1. The summed E-state index contributed by atoms with van der Waals surface area (Å²) >= 11 is 5.95. The van der Waals surface area contributed by atoms with E-state index in [4.69, 9.17) is 16.7 Å². The van der Waals surface area contributed by atoms with Crippen molar-refractivity contribution < 1.29 is 9.90 Å². The van der Waals surface area contributed by atoms with Crippen LogP contribution in [0, 0.1) is 0 Å². The van der Waals surface area contributed by atoms with Gasteiger partial charge in [0.25, 0.3) is 0 Å².